The maximum Gasteiger partial charge on any atom is 0.0642 e. The minimum Gasteiger partial charge on any atom is -0.369 e. The van der Waals surface area contributed by atoms with Gasteiger partial charge in [-0.2, -0.15) is 0 Å². The smallest absolute Gasteiger partial charge is 0.0642 e. The Morgan fingerprint density at radius 3 is 2.42 bits per heavy atom. The van der Waals surface area contributed by atoms with Crippen molar-refractivity contribution in [2.24, 2.45) is 0 Å². The van der Waals surface area contributed by atoms with Gasteiger partial charge in [-0.3, -0.25) is 0 Å². The third-order valence-electron chi connectivity index (χ3n) is 3.26. The van der Waals surface area contributed by atoms with Crippen LogP contribution in [0.25, 0.3) is 0 Å². The lowest BCUT2D eigenvalue weighted by Crippen LogP contribution is -2.18. The molecule has 2 aromatic rings. The van der Waals surface area contributed by atoms with Crippen LogP contribution in [-0.4, -0.2) is 7.05 Å². The van der Waals surface area contributed by atoms with Gasteiger partial charge in [0, 0.05) is 18.9 Å². The number of alkyl halides is 1. The van der Waals surface area contributed by atoms with Gasteiger partial charge in [-0.15, -0.1) is 0 Å². The SMILES string of the molecule is Cc1ccccc1CN(C)c1c(Cl)cccc1CBr. The number of aryl methyl sites for hydroxylation is 1. The second-order valence-corrected chi connectivity index (χ2v) is 5.63. The molecule has 0 spiro atoms. The van der Waals surface area contributed by atoms with Crippen LogP contribution in [-0.2, 0) is 11.9 Å². The van der Waals surface area contributed by atoms with Crippen LogP contribution in [0.15, 0.2) is 42.5 Å². The molecule has 2 rings (SSSR count). The van der Waals surface area contributed by atoms with Crippen LogP contribution < -0.4 is 4.90 Å². The van der Waals surface area contributed by atoms with Crippen LogP contribution in [0.1, 0.15) is 16.7 Å². The summed E-state index contributed by atoms with van der Waals surface area (Å²) in [5.74, 6) is 0. The van der Waals surface area contributed by atoms with Gasteiger partial charge in [-0.25, -0.2) is 0 Å². The predicted octanol–water partition coefficient (Wildman–Crippen LogP) is 5.18. The van der Waals surface area contributed by atoms with E-state index in [4.69, 9.17) is 11.6 Å². The van der Waals surface area contributed by atoms with Gasteiger partial charge in [-0.1, -0.05) is 63.9 Å². The lowest BCUT2D eigenvalue weighted by atomic mass is 10.1. The first-order valence-corrected chi connectivity index (χ1v) is 7.72. The Kier molecular flexibility index (Phi) is 4.89. The summed E-state index contributed by atoms with van der Waals surface area (Å²) in [4.78, 5) is 2.21. The number of anilines is 1. The third-order valence-corrected chi connectivity index (χ3v) is 4.17. The fourth-order valence-electron chi connectivity index (χ4n) is 2.22. The molecule has 2 aromatic carbocycles. The van der Waals surface area contributed by atoms with Crippen LogP contribution >= 0.6 is 27.5 Å². The minimum atomic E-state index is 0.799. The molecule has 0 amide bonds. The highest BCUT2D eigenvalue weighted by Crippen LogP contribution is 2.31. The molecule has 0 radical (unpaired) electrons. The normalized spacial score (nSPS) is 10.5. The molecule has 0 bridgehead atoms. The molecule has 0 aromatic heterocycles. The second kappa shape index (κ2) is 6.44. The Morgan fingerprint density at radius 1 is 1.05 bits per heavy atom. The lowest BCUT2D eigenvalue weighted by Gasteiger charge is -2.24. The molecule has 0 atom stereocenters. The zero-order valence-electron chi connectivity index (χ0n) is 11.2. The predicted molar refractivity (Wildman–Crippen MR) is 87.4 cm³/mol. The maximum absolute atomic E-state index is 6.35. The molecule has 1 nitrogen and oxygen atoms in total. The van der Waals surface area contributed by atoms with E-state index in [9.17, 15) is 0 Å². The van der Waals surface area contributed by atoms with E-state index >= 15 is 0 Å². The first-order valence-electron chi connectivity index (χ1n) is 6.22. The third kappa shape index (κ3) is 3.31. The van der Waals surface area contributed by atoms with Crippen molar-refractivity contribution < 1.29 is 0 Å². The summed E-state index contributed by atoms with van der Waals surface area (Å²) in [6.07, 6.45) is 0. The number of rotatable bonds is 4. The number of hydrogen-bond acceptors (Lipinski definition) is 1. The summed E-state index contributed by atoms with van der Waals surface area (Å²) in [5, 5.41) is 1.61. The van der Waals surface area contributed by atoms with Crippen LogP contribution in [0, 0.1) is 6.92 Å². The van der Waals surface area contributed by atoms with E-state index in [1.807, 2.05) is 12.1 Å². The van der Waals surface area contributed by atoms with E-state index in [1.54, 1.807) is 0 Å². The van der Waals surface area contributed by atoms with Gasteiger partial charge in [0.15, 0.2) is 0 Å². The van der Waals surface area contributed by atoms with Crippen molar-refractivity contribution in [3.05, 3.63) is 64.2 Å². The zero-order valence-corrected chi connectivity index (χ0v) is 13.5. The van der Waals surface area contributed by atoms with Crippen LogP contribution in [0.2, 0.25) is 5.02 Å². The standard InChI is InChI=1S/C16H17BrClN/c1-12-6-3-4-7-14(12)11-19(2)16-13(10-17)8-5-9-15(16)18/h3-9H,10-11H2,1-2H3. The van der Waals surface area contributed by atoms with Crippen molar-refractivity contribution >= 4 is 33.2 Å². The van der Waals surface area contributed by atoms with E-state index in [0.29, 0.717) is 0 Å². The van der Waals surface area contributed by atoms with Crippen molar-refractivity contribution in [3.8, 4) is 0 Å². The van der Waals surface area contributed by atoms with Gasteiger partial charge in [-0.05, 0) is 29.7 Å². The van der Waals surface area contributed by atoms with Crippen LogP contribution in [0.3, 0.4) is 0 Å². The number of para-hydroxylation sites is 1. The molecule has 3 heteroatoms. The molecule has 0 fully saturated rings. The Morgan fingerprint density at radius 2 is 1.74 bits per heavy atom. The van der Waals surface area contributed by atoms with Gasteiger partial charge < -0.3 is 4.90 Å². The monoisotopic (exact) mass is 337 g/mol. The molecule has 0 unspecified atom stereocenters. The van der Waals surface area contributed by atoms with Crippen molar-refractivity contribution in [1.82, 2.24) is 0 Å². The van der Waals surface area contributed by atoms with E-state index in [0.717, 1.165) is 22.6 Å². The highest BCUT2D eigenvalue weighted by atomic mass is 79.9. The van der Waals surface area contributed by atoms with E-state index in [-0.39, 0.29) is 0 Å². The molecule has 0 aliphatic rings. The summed E-state index contributed by atoms with van der Waals surface area (Å²) in [5.41, 5.74) is 4.94. The number of benzene rings is 2. The summed E-state index contributed by atoms with van der Waals surface area (Å²) in [6, 6.07) is 14.5. The van der Waals surface area contributed by atoms with E-state index in [1.165, 1.54) is 16.7 Å². The molecule has 0 saturated heterocycles. The topological polar surface area (TPSA) is 3.24 Å². The van der Waals surface area contributed by atoms with Gasteiger partial charge in [0.25, 0.3) is 0 Å². The molecule has 100 valence electrons. The number of nitrogens with zero attached hydrogens (tertiary/aromatic N) is 1. The second-order valence-electron chi connectivity index (χ2n) is 4.66. The number of halogens is 2. The molecule has 0 aliphatic heterocycles. The zero-order chi connectivity index (χ0) is 13.8. The molecule has 0 aliphatic carbocycles. The molecule has 0 N–H and O–H groups in total. The van der Waals surface area contributed by atoms with Gasteiger partial charge in [0.2, 0.25) is 0 Å². The minimum absolute atomic E-state index is 0.799. The molecule has 19 heavy (non-hydrogen) atoms. The van der Waals surface area contributed by atoms with Crippen LogP contribution in [0.5, 0.6) is 0 Å². The molecule has 0 heterocycles. The summed E-state index contributed by atoms with van der Waals surface area (Å²) in [7, 11) is 2.08. The average molecular weight is 339 g/mol. The summed E-state index contributed by atoms with van der Waals surface area (Å²) >= 11 is 9.87. The molecule has 0 saturated carbocycles. The van der Waals surface area contributed by atoms with E-state index in [2.05, 4.69) is 65.1 Å². The highest BCUT2D eigenvalue weighted by Gasteiger charge is 2.12. The summed E-state index contributed by atoms with van der Waals surface area (Å²) in [6.45, 7) is 3.00. The highest BCUT2D eigenvalue weighted by molar-refractivity contribution is 9.08. The maximum atomic E-state index is 6.35. The first-order chi connectivity index (χ1) is 9.13. The average Bonchev–Trinajstić information content (AvgIpc) is 2.40. The van der Waals surface area contributed by atoms with Crippen molar-refractivity contribution in [2.75, 3.05) is 11.9 Å². The Bertz CT molecular complexity index is 568. The molecular weight excluding hydrogens is 322 g/mol. The fourth-order valence-corrected chi connectivity index (χ4v) is 3.01. The Hall–Kier alpha value is -0.990. The molecular formula is C16H17BrClN. The first kappa shape index (κ1) is 14.4. The quantitative estimate of drug-likeness (QED) is 0.694. The van der Waals surface area contributed by atoms with Gasteiger partial charge >= 0.3 is 0 Å². The van der Waals surface area contributed by atoms with Crippen LogP contribution in [0.4, 0.5) is 5.69 Å². The van der Waals surface area contributed by atoms with Gasteiger partial charge in [0.05, 0.1) is 10.7 Å². The van der Waals surface area contributed by atoms with Gasteiger partial charge in [0.1, 0.15) is 0 Å². The Labute approximate surface area is 128 Å². The van der Waals surface area contributed by atoms with Crippen molar-refractivity contribution in [1.29, 1.82) is 0 Å². The van der Waals surface area contributed by atoms with Crippen molar-refractivity contribution in [2.45, 2.75) is 18.8 Å². The number of hydrogen-bond donors (Lipinski definition) is 0. The lowest BCUT2D eigenvalue weighted by molar-refractivity contribution is 0.908. The Balaban J connectivity index is 2.30. The van der Waals surface area contributed by atoms with Crippen molar-refractivity contribution in [3.63, 3.8) is 0 Å². The van der Waals surface area contributed by atoms with E-state index < -0.39 is 0 Å². The summed E-state index contributed by atoms with van der Waals surface area (Å²) < 4.78 is 0. The fraction of sp³-hybridized carbons (Fsp3) is 0.250. The largest absolute Gasteiger partial charge is 0.369 e.